The zero-order valence-electron chi connectivity index (χ0n) is 12.7. The van der Waals surface area contributed by atoms with E-state index in [0.29, 0.717) is 17.7 Å². The molecule has 0 aliphatic heterocycles. The lowest BCUT2D eigenvalue weighted by molar-refractivity contribution is 0.102. The van der Waals surface area contributed by atoms with Crippen molar-refractivity contribution >= 4 is 22.6 Å². The van der Waals surface area contributed by atoms with Gasteiger partial charge < -0.3 is 10.3 Å². The fourth-order valence-electron chi connectivity index (χ4n) is 2.48. The molecule has 0 aliphatic rings. The van der Waals surface area contributed by atoms with Gasteiger partial charge in [0.2, 0.25) is 5.56 Å². The topological polar surface area (TPSA) is 79.8 Å². The molecule has 2 N–H and O–H groups in total. The summed E-state index contributed by atoms with van der Waals surface area (Å²) < 4.78 is 15.0. The molecule has 2 aromatic heterocycles. The summed E-state index contributed by atoms with van der Waals surface area (Å²) in [5.41, 5.74) is 0.824. The maximum absolute atomic E-state index is 13.3. The van der Waals surface area contributed by atoms with Gasteiger partial charge in [-0.3, -0.25) is 9.59 Å². The van der Waals surface area contributed by atoms with Crippen molar-refractivity contribution in [2.75, 3.05) is 5.32 Å². The van der Waals surface area contributed by atoms with Crippen LogP contribution in [0, 0.1) is 12.7 Å². The van der Waals surface area contributed by atoms with Crippen LogP contribution in [0.4, 0.5) is 10.2 Å². The number of nitrogens with one attached hydrogen (secondary N) is 2. The summed E-state index contributed by atoms with van der Waals surface area (Å²) in [6, 6.07) is 5.12. The molecule has 0 bridgehead atoms. The average molecular weight is 314 g/mol. The molecule has 118 valence electrons. The van der Waals surface area contributed by atoms with Gasteiger partial charge in [-0.05, 0) is 32.0 Å². The molecule has 2 heterocycles. The lowest BCUT2D eigenvalue weighted by Gasteiger charge is -2.10. The number of carbonyl (C=O) groups excluding carboxylic acids is 1. The summed E-state index contributed by atoms with van der Waals surface area (Å²) >= 11 is 0. The number of anilines is 1. The minimum Gasteiger partial charge on any atom is -0.322 e. The molecule has 0 aliphatic carbocycles. The van der Waals surface area contributed by atoms with Gasteiger partial charge in [0, 0.05) is 23.6 Å². The van der Waals surface area contributed by atoms with E-state index in [2.05, 4.69) is 15.4 Å². The molecule has 23 heavy (non-hydrogen) atoms. The minimum atomic E-state index is -0.481. The first-order chi connectivity index (χ1) is 11.0. The number of aromatic nitrogens is 3. The molecule has 0 radical (unpaired) electrons. The van der Waals surface area contributed by atoms with Crippen molar-refractivity contribution in [2.24, 2.45) is 0 Å². The van der Waals surface area contributed by atoms with Crippen LogP contribution in [0.5, 0.6) is 0 Å². The van der Waals surface area contributed by atoms with Gasteiger partial charge in [0.05, 0.1) is 17.3 Å². The van der Waals surface area contributed by atoms with Crippen LogP contribution >= 0.6 is 0 Å². The van der Waals surface area contributed by atoms with Gasteiger partial charge in [0.1, 0.15) is 11.6 Å². The third kappa shape index (κ3) is 2.73. The van der Waals surface area contributed by atoms with E-state index in [-0.39, 0.29) is 11.1 Å². The number of hydrogen-bond donors (Lipinski definition) is 2. The second-order valence-electron chi connectivity index (χ2n) is 5.18. The highest BCUT2D eigenvalue weighted by atomic mass is 19.1. The first-order valence-corrected chi connectivity index (χ1v) is 7.16. The third-order valence-corrected chi connectivity index (χ3v) is 3.60. The van der Waals surface area contributed by atoms with Gasteiger partial charge in [0.15, 0.2) is 0 Å². The third-order valence-electron chi connectivity index (χ3n) is 3.60. The van der Waals surface area contributed by atoms with Crippen molar-refractivity contribution in [3.8, 4) is 0 Å². The Kier molecular flexibility index (Phi) is 3.69. The Balaban J connectivity index is 2.07. The van der Waals surface area contributed by atoms with Crippen LogP contribution in [0.1, 0.15) is 22.8 Å². The van der Waals surface area contributed by atoms with Crippen molar-refractivity contribution in [3.05, 3.63) is 57.8 Å². The molecular weight excluding hydrogens is 299 g/mol. The molecule has 3 rings (SSSR count). The average Bonchev–Trinajstić information content (AvgIpc) is 2.86. The molecule has 0 spiro atoms. The van der Waals surface area contributed by atoms with E-state index in [0.717, 1.165) is 5.56 Å². The Morgan fingerprint density at radius 3 is 2.91 bits per heavy atom. The van der Waals surface area contributed by atoms with Crippen molar-refractivity contribution in [1.29, 1.82) is 0 Å². The second kappa shape index (κ2) is 5.68. The number of pyridine rings is 1. The number of carbonyl (C=O) groups is 1. The monoisotopic (exact) mass is 314 g/mol. The molecular formula is C16H15FN4O2. The van der Waals surface area contributed by atoms with Crippen molar-refractivity contribution in [2.45, 2.75) is 20.4 Å². The number of hydrogen-bond acceptors (Lipinski definition) is 3. The first kappa shape index (κ1) is 15.0. The largest absolute Gasteiger partial charge is 0.322 e. The highest BCUT2D eigenvalue weighted by Gasteiger charge is 2.16. The van der Waals surface area contributed by atoms with Crippen LogP contribution in [0.3, 0.4) is 0 Å². The molecule has 0 saturated carbocycles. The van der Waals surface area contributed by atoms with Gasteiger partial charge in [-0.15, -0.1) is 0 Å². The number of benzene rings is 1. The molecule has 7 heteroatoms. The van der Waals surface area contributed by atoms with Crippen LogP contribution in [-0.4, -0.2) is 20.7 Å². The van der Waals surface area contributed by atoms with E-state index in [9.17, 15) is 14.0 Å². The standard InChI is InChI=1S/C16H15FN4O2/c1-3-21-15(9(2)8-18-21)20-16(23)12-7-14(22)19-13-6-10(17)4-5-11(12)13/h4-8H,3H2,1-2H3,(H,19,22)(H,20,23). The smallest absolute Gasteiger partial charge is 0.257 e. The lowest BCUT2D eigenvalue weighted by atomic mass is 10.1. The fourth-order valence-corrected chi connectivity index (χ4v) is 2.48. The summed E-state index contributed by atoms with van der Waals surface area (Å²) in [6.07, 6.45) is 1.66. The van der Waals surface area contributed by atoms with Crippen LogP contribution in [0.25, 0.3) is 10.9 Å². The summed E-state index contributed by atoms with van der Waals surface area (Å²) in [4.78, 5) is 26.8. The van der Waals surface area contributed by atoms with Crippen LogP contribution in [0.2, 0.25) is 0 Å². The van der Waals surface area contributed by atoms with Crippen molar-refractivity contribution in [3.63, 3.8) is 0 Å². The van der Waals surface area contributed by atoms with Gasteiger partial charge in [-0.1, -0.05) is 0 Å². The molecule has 0 fully saturated rings. The van der Waals surface area contributed by atoms with Gasteiger partial charge in [0.25, 0.3) is 5.91 Å². The highest BCUT2D eigenvalue weighted by molar-refractivity contribution is 6.12. The Bertz CT molecular complexity index is 958. The van der Waals surface area contributed by atoms with Crippen LogP contribution in [0.15, 0.2) is 35.3 Å². The number of aromatic amines is 1. The molecule has 0 saturated heterocycles. The quantitative estimate of drug-likeness (QED) is 0.779. The van der Waals surface area contributed by atoms with E-state index in [1.54, 1.807) is 10.9 Å². The summed E-state index contributed by atoms with van der Waals surface area (Å²) in [7, 11) is 0. The summed E-state index contributed by atoms with van der Waals surface area (Å²) in [5.74, 6) is -0.343. The van der Waals surface area contributed by atoms with E-state index in [4.69, 9.17) is 0 Å². The van der Waals surface area contributed by atoms with E-state index in [1.165, 1.54) is 24.3 Å². The Labute approximate surface area is 130 Å². The zero-order chi connectivity index (χ0) is 16.6. The predicted molar refractivity (Wildman–Crippen MR) is 85.1 cm³/mol. The molecule has 1 aromatic carbocycles. The van der Waals surface area contributed by atoms with Gasteiger partial charge >= 0.3 is 0 Å². The van der Waals surface area contributed by atoms with Gasteiger partial charge in [-0.25, -0.2) is 9.07 Å². The summed E-state index contributed by atoms with van der Waals surface area (Å²) in [6.45, 7) is 4.35. The molecule has 0 atom stereocenters. The number of aryl methyl sites for hydroxylation is 2. The summed E-state index contributed by atoms with van der Waals surface area (Å²) in [5, 5.41) is 7.41. The van der Waals surface area contributed by atoms with Crippen LogP contribution < -0.4 is 10.9 Å². The highest BCUT2D eigenvalue weighted by Crippen LogP contribution is 2.19. The maximum atomic E-state index is 13.3. The molecule has 3 aromatic rings. The fraction of sp³-hybridized carbons (Fsp3) is 0.188. The number of H-pyrrole nitrogens is 1. The maximum Gasteiger partial charge on any atom is 0.257 e. The number of nitrogens with zero attached hydrogens (tertiary/aromatic N) is 2. The Hall–Kier alpha value is -2.96. The first-order valence-electron chi connectivity index (χ1n) is 7.16. The molecule has 0 unspecified atom stereocenters. The van der Waals surface area contributed by atoms with Crippen molar-refractivity contribution < 1.29 is 9.18 Å². The normalized spacial score (nSPS) is 10.9. The SMILES string of the molecule is CCn1ncc(C)c1NC(=O)c1cc(=O)[nH]c2cc(F)ccc12. The lowest BCUT2D eigenvalue weighted by Crippen LogP contribution is -2.19. The second-order valence-corrected chi connectivity index (χ2v) is 5.18. The van der Waals surface area contributed by atoms with Crippen molar-refractivity contribution in [1.82, 2.24) is 14.8 Å². The van der Waals surface area contributed by atoms with Gasteiger partial charge in [-0.2, -0.15) is 5.10 Å². The van der Waals surface area contributed by atoms with E-state index < -0.39 is 17.3 Å². The number of halogens is 1. The molecule has 6 nitrogen and oxygen atoms in total. The zero-order valence-corrected chi connectivity index (χ0v) is 12.7. The number of amides is 1. The number of fused-ring (bicyclic) bond motifs is 1. The van der Waals surface area contributed by atoms with Crippen LogP contribution in [-0.2, 0) is 6.54 Å². The Morgan fingerprint density at radius 1 is 1.39 bits per heavy atom. The minimum absolute atomic E-state index is 0.187. The Morgan fingerprint density at radius 2 is 2.17 bits per heavy atom. The van der Waals surface area contributed by atoms with E-state index in [1.807, 2.05) is 13.8 Å². The van der Waals surface area contributed by atoms with E-state index >= 15 is 0 Å². The number of rotatable bonds is 3. The predicted octanol–water partition coefficient (Wildman–Crippen LogP) is 2.44. The molecule has 1 amide bonds.